The highest BCUT2D eigenvalue weighted by molar-refractivity contribution is 5.89. The van der Waals surface area contributed by atoms with Crippen LogP contribution in [0.2, 0.25) is 0 Å². The van der Waals surface area contributed by atoms with Crippen LogP contribution in [-0.2, 0) is 11.2 Å². The van der Waals surface area contributed by atoms with Crippen molar-refractivity contribution in [2.24, 2.45) is 0 Å². The number of hydrogen-bond acceptors (Lipinski definition) is 2. The van der Waals surface area contributed by atoms with E-state index in [4.69, 9.17) is 4.74 Å². The van der Waals surface area contributed by atoms with Gasteiger partial charge in [-0.05, 0) is 30.5 Å². The van der Waals surface area contributed by atoms with Gasteiger partial charge < -0.3 is 10.1 Å². The number of para-hydroxylation sites is 2. The summed E-state index contributed by atoms with van der Waals surface area (Å²) in [6.45, 7) is 0.662. The lowest BCUT2D eigenvalue weighted by atomic mass is 9.87. The van der Waals surface area contributed by atoms with E-state index in [1.165, 1.54) is 5.56 Å². The zero-order valence-corrected chi connectivity index (χ0v) is 14.5. The Kier molecular flexibility index (Phi) is 4.69. The molecule has 0 aliphatic carbocycles. The minimum absolute atomic E-state index is 0.0289. The number of hydrogen-bond donors (Lipinski definition) is 1. The van der Waals surface area contributed by atoms with Crippen LogP contribution in [0.1, 0.15) is 29.0 Å². The van der Waals surface area contributed by atoms with Crippen molar-refractivity contribution in [3.8, 4) is 11.5 Å². The van der Waals surface area contributed by atoms with Crippen LogP contribution >= 0.6 is 0 Å². The molecule has 0 fully saturated rings. The predicted molar refractivity (Wildman–Crippen MR) is 103 cm³/mol. The molecular formula is C23H21NO2. The third-order valence-electron chi connectivity index (χ3n) is 4.73. The maximum Gasteiger partial charge on any atom is 0.232 e. The lowest BCUT2D eigenvalue weighted by Gasteiger charge is -2.27. The van der Waals surface area contributed by atoms with Gasteiger partial charge >= 0.3 is 0 Å². The summed E-state index contributed by atoms with van der Waals surface area (Å²) in [4.78, 5) is 13.0. The molecule has 0 unspecified atom stereocenters. The molecule has 1 aliphatic heterocycles. The molecule has 4 rings (SSSR count). The van der Waals surface area contributed by atoms with E-state index in [1.807, 2.05) is 66.7 Å². The normalized spacial score (nSPS) is 12.6. The quantitative estimate of drug-likeness (QED) is 0.684. The van der Waals surface area contributed by atoms with Crippen LogP contribution in [-0.4, -0.2) is 12.5 Å². The zero-order chi connectivity index (χ0) is 17.8. The summed E-state index contributed by atoms with van der Waals surface area (Å²) in [6.07, 6.45) is 1.88. The number of rotatable bonds is 5. The van der Waals surface area contributed by atoms with Gasteiger partial charge in [-0.15, -0.1) is 0 Å². The van der Waals surface area contributed by atoms with Crippen LogP contribution in [0.25, 0.3) is 0 Å². The van der Waals surface area contributed by atoms with E-state index in [9.17, 15) is 4.79 Å². The van der Waals surface area contributed by atoms with E-state index >= 15 is 0 Å². The Labute approximate surface area is 153 Å². The summed E-state index contributed by atoms with van der Waals surface area (Å²) in [7, 11) is 0. The minimum Gasteiger partial charge on any atom is -0.457 e. The van der Waals surface area contributed by atoms with Crippen LogP contribution in [0.15, 0.2) is 78.9 Å². The van der Waals surface area contributed by atoms with Gasteiger partial charge in [-0.2, -0.15) is 0 Å². The van der Waals surface area contributed by atoms with Gasteiger partial charge in [0.25, 0.3) is 0 Å². The number of amides is 1. The Hall–Kier alpha value is -3.07. The summed E-state index contributed by atoms with van der Waals surface area (Å²) in [5, 5.41) is 3.11. The molecule has 0 atom stereocenters. The van der Waals surface area contributed by atoms with E-state index in [1.54, 1.807) is 0 Å². The Morgan fingerprint density at radius 2 is 1.38 bits per heavy atom. The van der Waals surface area contributed by atoms with Gasteiger partial charge in [-0.1, -0.05) is 66.7 Å². The Balaban J connectivity index is 1.47. The molecule has 1 heterocycles. The molecule has 1 amide bonds. The van der Waals surface area contributed by atoms with Crippen molar-refractivity contribution in [3.63, 3.8) is 0 Å². The molecule has 3 heteroatoms. The summed E-state index contributed by atoms with van der Waals surface area (Å²) in [5.74, 6) is 1.22. The fourth-order valence-electron chi connectivity index (χ4n) is 3.44. The highest BCUT2D eigenvalue weighted by atomic mass is 16.5. The molecule has 0 aromatic heterocycles. The lowest BCUT2D eigenvalue weighted by Crippen LogP contribution is -2.32. The number of nitrogens with one attached hydrogen (secondary N) is 1. The molecule has 3 aromatic rings. The third-order valence-corrected chi connectivity index (χ3v) is 4.73. The molecule has 0 bridgehead atoms. The van der Waals surface area contributed by atoms with Crippen LogP contribution < -0.4 is 10.1 Å². The van der Waals surface area contributed by atoms with Crippen molar-refractivity contribution in [1.82, 2.24) is 5.32 Å². The van der Waals surface area contributed by atoms with Crippen molar-refractivity contribution in [2.45, 2.75) is 18.8 Å². The second kappa shape index (κ2) is 7.44. The van der Waals surface area contributed by atoms with Gasteiger partial charge in [0.15, 0.2) is 0 Å². The maximum absolute atomic E-state index is 13.0. The summed E-state index contributed by atoms with van der Waals surface area (Å²) < 4.78 is 5.96. The van der Waals surface area contributed by atoms with E-state index in [0.717, 1.165) is 35.5 Å². The van der Waals surface area contributed by atoms with Gasteiger partial charge in [0.05, 0.1) is 5.92 Å². The van der Waals surface area contributed by atoms with E-state index in [-0.39, 0.29) is 11.8 Å². The first-order valence-electron chi connectivity index (χ1n) is 9.00. The second-order valence-electron chi connectivity index (χ2n) is 6.49. The Morgan fingerprint density at radius 3 is 2.04 bits per heavy atom. The first kappa shape index (κ1) is 16.4. The lowest BCUT2D eigenvalue weighted by molar-refractivity contribution is -0.121. The van der Waals surface area contributed by atoms with Gasteiger partial charge in [0.1, 0.15) is 11.5 Å². The smallest absolute Gasteiger partial charge is 0.232 e. The maximum atomic E-state index is 13.0. The highest BCUT2D eigenvalue weighted by Crippen LogP contribution is 2.43. The van der Waals surface area contributed by atoms with E-state index in [2.05, 4.69) is 17.4 Å². The minimum atomic E-state index is -0.326. The predicted octanol–water partition coefficient (Wildman–Crippen LogP) is 4.67. The van der Waals surface area contributed by atoms with E-state index in [0.29, 0.717) is 6.54 Å². The number of carbonyl (C=O) groups is 1. The summed E-state index contributed by atoms with van der Waals surface area (Å²) in [6, 6.07) is 25.9. The topological polar surface area (TPSA) is 38.3 Å². The number of fused-ring (bicyclic) bond motifs is 2. The largest absolute Gasteiger partial charge is 0.457 e. The van der Waals surface area contributed by atoms with Crippen LogP contribution in [0.4, 0.5) is 0 Å². The number of benzene rings is 3. The molecule has 0 radical (unpaired) electrons. The van der Waals surface area contributed by atoms with Crippen LogP contribution in [0.5, 0.6) is 11.5 Å². The number of aryl methyl sites for hydroxylation is 1. The molecular weight excluding hydrogens is 322 g/mol. The molecule has 0 saturated carbocycles. The van der Waals surface area contributed by atoms with E-state index < -0.39 is 0 Å². The highest BCUT2D eigenvalue weighted by Gasteiger charge is 2.31. The van der Waals surface area contributed by atoms with Crippen molar-refractivity contribution in [2.75, 3.05) is 6.54 Å². The van der Waals surface area contributed by atoms with Crippen molar-refractivity contribution in [1.29, 1.82) is 0 Å². The zero-order valence-electron chi connectivity index (χ0n) is 14.5. The Morgan fingerprint density at radius 1 is 0.808 bits per heavy atom. The first-order chi connectivity index (χ1) is 12.8. The van der Waals surface area contributed by atoms with Crippen molar-refractivity contribution >= 4 is 5.91 Å². The van der Waals surface area contributed by atoms with Crippen LogP contribution in [0, 0.1) is 0 Å². The number of carbonyl (C=O) groups excluding carboxylic acids is 1. The average Bonchev–Trinajstić information content (AvgIpc) is 2.70. The first-order valence-corrected chi connectivity index (χ1v) is 9.00. The average molecular weight is 343 g/mol. The molecule has 3 aromatic carbocycles. The molecule has 3 nitrogen and oxygen atoms in total. The fraction of sp³-hybridized carbons (Fsp3) is 0.174. The third kappa shape index (κ3) is 3.33. The molecule has 1 aliphatic rings. The standard InChI is InChI=1S/C23H21NO2/c25-23(24-16-8-11-17-9-2-1-3-10-17)22-18-12-4-6-14-20(18)26-21-15-7-5-13-19(21)22/h1-7,9-10,12-15,22H,8,11,16H2,(H,24,25). The van der Waals surface area contributed by atoms with Crippen molar-refractivity contribution < 1.29 is 9.53 Å². The number of ether oxygens (including phenoxy) is 1. The van der Waals surface area contributed by atoms with Gasteiger partial charge in [-0.3, -0.25) is 4.79 Å². The Bertz CT molecular complexity index is 859. The molecule has 0 saturated heterocycles. The SMILES string of the molecule is O=C(NCCCc1ccccc1)C1c2ccccc2Oc2ccccc21. The van der Waals surface area contributed by atoms with Gasteiger partial charge in [0, 0.05) is 17.7 Å². The fourth-order valence-corrected chi connectivity index (χ4v) is 3.44. The second-order valence-corrected chi connectivity index (χ2v) is 6.49. The van der Waals surface area contributed by atoms with Gasteiger partial charge in [-0.25, -0.2) is 0 Å². The molecule has 130 valence electrons. The molecule has 0 spiro atoms. The van der Waals surface area contributed by atoms with Crippen molar-refractivity contribution in [3.05, 3.63) is 95.6 Å². The summed E-state index contributed by atoms with van der Waals surface area (Å²) in [5.41, 5.74) is 3.14. The van der Waals surface area contributed by atoms with Crippen LogP contribution in [0.3, 0.4) is 0 Å². The monoisotopic (exact) mass is 343 g/mol. The summed E-state index contributed by atoms with van der Waals surface area (Å²) >= 11 is 0. The van der Waals surface area contributed by atoms with Gasteiger partial charge in [0.2, 0.25) is 5.91 Å². The molecule has 1 N–H and O–H groups in total. The molecule has 26 heavy (non-hydrogen) atoms.